The number of nitrogens with one attached hydrogen (secondary N) is 1. The SMILES string of the molecule is COC(=O)/C=C(/Nc1ccccc1C(=O)OC(C)(C)C)C(=O)OC. The Morgan fingerprint density at radius 1 is 1.04 bits per heavy atom. The lowest BCUT2D eigenvalue weighted by Crippen LogP contribution is -2.25. The van der Waals surface area contributed by atoms with Crippen LogP contribution in [0.25, 0.3) is 0 Å². The fourth-order valence-corrected chi connectivity index (χ4v) is 1.68. The predicted octanol–water partition coefficient (Wildman–Crippen LogP) is 2.28. The molecule has 0 unspecified atom stereocenters. The topological polar surface area (TPSA) is 90.9 Å². The molecule has 0 amide bonds. The second kappa shape index (κ2) is 8.14. The summed E-state index contributed by atoms with van der Waals surface area (Å²) >= 11 is 0. The number of hydrogen-bond acceptors (Lipinski definition) is 7. The Morgan fingerprint density at radius 3 is 2.21 bits per heavy atom. The van der Waals surface area contributed by atoms with Crippen LogP contribution in [-0.2, 0) is 23.8 Å². The summed E-state index contributed by atoms with van der Waals surface area (Å²) in [6.45, 7) is 5.24. The Balaban J connectivity index is 3.17. The van der Waals surface area contributed by atoms with E-state index in [-0.39, 0.29) is 11.3 Å². The highest BCUT2D eigenvalue weighted by Gasteiger charge is 2.22. The van der Waals surface area contributed by atoms with Gasteiger partial charge in [-0.1, -0.05) is 12.1 Å². The van der Waals surface area contributed by atoms with Crippen molar-refractivity contribution >= 4 is 23.6 Å². The molecule has 0 radical (unpaired) electrons. The van der Waals surface area contributed by atoms with E-state index in [1.807, 2.05) is 0 Å². The maximum absolute atomic E-state index is 12.3. The third-order valence-corrected chi connectivity index (χ3v) is 2.68. The molecule has 0 bridgehead atoms. The summed E-state index contributed by atoms with van der Waals surface area (Å²) in [5.41, 5.74) is -0.322. The third kappa shape index (κ3) is 5.75. The summed E-state index contributed by atoms with van der Waals surface area (Å²) in [6, 6.07) is 6.45. The number of hydrogen-bond donors (Lipinski definition) is 1. The molecule has 130 valence electrons. The molecular weight excluding hydrogens is 314 g/mol. The van der Waals surface area contributed by atoms with Crippen molar-refractivity contribution in [3.63, 3.8) is 0 Å². The second-order valence-corrected chi connectivity index (χ2v) is 5.75. The normalized spacial score (nSPS) is 11.5. The minimum Gasteiger partial charge on any atom is -0.466 e. The standard InChI is InChI=1S/C17H21NO6/c1-17(2,3)24-15(20)11-8-6-7-9-12(11)18-13(16(21)23-5)10-14(19)22-4/h6-10,18H,1-5H3/b13-10+. The Labute approximate surface area is 140 Å². The van der Waals surface area contributed by atoms with Crippen molar-refractivity contribution in [2.75, 3.05) is 19.5 Å². The summed E-state index contributed by atoms with van der Waals surface area (Å²) in [5, 5.41) is 2.72. The van der Waals surface area contributed by atoms with E-state index >= 15 is 0 Å². The van der Waals surface area contributed by atoms with Crippen LogP contribution in [0, 0.1) is 0 Å². The Bertz CT molecular complexity index is 657. The first-order chi connectivity index (χ1) is 11.2. The highest BCUT2D eigenvalue weighted by atomic mass is 16.6. The number of rotatable bonds is 5. The van der Waals surface area contributed by atoms with E-state index in [9.17, 15) is 14.4 Å². The average Bonchev–Trinajstić information content (AvgIpc) is 2.52. The summed E-state index contributed by atoms with van der Waals surface area (Å²) in [4.78, 5) is 35.5. The van der Waals surface area contributed by atoms with Gasteiger partial charge >= 0.3 is 17.9 Å². The lowest BCUT2D eigenvalue weighted by molar-refractivity contribution is -0.138. The zero-order chi connectivity index (χ0) is 18.3. The molecule has 0 atom stereocenters. The number of carbonyl (C=O) groups is 3. The summed E-state index contributed by atoms with van der Waals surface area (Å²) in [5.74, 6) is -2.08. The predicted molar refractivity (Wildman–Crippen MR) is 87.3 cm³/mol. The van der Waals surface area contributed by atoms with Crippen LogP contribution >= 0.6 is 0 Å². The zero-order valence-corrected chi connectivity index (χ0v) is 14.3. The number of ether oxygens (including phenoxy) is 3. The van der Waals surface area contributed by atoms with Gasteiger partial charge in [0.15, 0.2) is 0 Å². The molecule has 0 spiro atoms. The number of anilines is 1. The van der Waals surface area contributed by atoms with Crippen molar-refractivity contribution in [3.8, 4) is 0 Å². The third-order valence-electron chi connectivity index (χ3n) is 2.68. The van der Waals surface area contributed by atoms with Crippen LogP contribution in [0.1, 0.15) is 31.1 Å². The van der Waals surface area contributed by atoms with Crippen molar-refractivity contribution < 1.29 is 28.6 Å². The van der Waals surface area contributed by atoms with Gasteiger partial charge in [-0.25, -0.2) is 14.4 Å². The van der Waals surface area contributed by atoms with Crippen LogP contribution in [0.4, 0.5) is 5.69 Å². The van der Waals surface area contributed by atoms with Gasteiger partial charge in [-0.15, -0.1) is 0 Å². The van der Waals surface area contributed by atoms with Crippen LogP contribution in [0.2, 0.25) is 0 Å². The Morgan fingerprint density at radius 2 is 1.67 bits per heavy atom. The van der Waals surface area contributed by atoms with Crippen molar-refractivity contribution in [3.05, 3.63) is 41.6 Å². The molecule has 24 heavy (non-hydrogen) atoms. The molecule has 0 aliphatic rings. The van der Waals surface area contributed by atoms with Gasteiger partial charge in [-0.2, -0.15) is 0 Å². The number of carbonyl (C=O) groups excluding carboxylic acids is 3. The van der Waals surface area contributed by atoms with Crippen LogP contribution < -0.4 is 5.32 Å². The maximum atomic E-state index is 12.3. The fourth-order valence-electron chi connectivity index (χ4n) is 1.68. The number of methoxy groups -OCH3 is 2. The van der Waals surface area contributed by atoms with Gasteiger partial charge in [-0.05, 0) is 32.9 Å². The molecule has 0 aliphatic heterocycles. The smallest absolute Gasteiger partial charge is 0.354 e. The first-order valence-electron chi connectivity index (χ1n) is 7.15. The molecule has 1 N–H and O–H groups in total. The highest BCUT2D eigenvalue weighted by molar-refractivity contribution is 6.01. The number of para-hydroxylation sites is 1. The van der Waals surface area contributed by atoms with Crippen molar-refractivity contribution in [2.45, 2.75) is 26.4 Å². The molecular formula is C17H21NO6. The fraction of sp³-hybridized carbons (Fsp3) is 0.353. The van der Waals surface area contributed by atoms with Crippen molar-refractivity contribution in [1.29, 1.82) is 0 Å². The molecule has 0 saturated carbocycles. The van der Waals surface area contributed by atoms with Crippen LogP contribution in [0.3, 0.4) is 0 Å². The van der Waals surface area contributed by atoms with Crippen LogP contribution in [-0.4, -0.2) is 37.7 Å². The molecule has 0 fully saturated rings. The average molecular weight is 335 g/mol. The minimum absolute atomic E-state index is 0.166. The first-order valence-corrected chi connectivity index (χ1v) is 7.15. The molecule has 0 aromatic heterocycles. The minimum atomic E-state index is -0.778. The van der Waals surface area contributed by atoms with E-state index in [2.05, 4.69) is 14.8 Å². The van der Waals surface area contributed by atoms with Gasteiger partial charge in [0, 0.05) is 0 Å². The molecule has 7 heteroatoms. The Hall–Kier alpha value is -2.83. The van der Waals surface area contributed by atoms with E-state index < -0.39 is 23.5 Å². The second-order valence-electron chi connectivity index (χ2n) is 5.75. The Kier molecular flexibility index (Phi) is 6.52. The van der Waals surface area contributed by atoms with Gasteiger partial charge < -0.3 is 19.5 Å². The number of benzene rings is 1. The van der Waals surface area contributed by atoms with Crippen molar-refractivity contribution in [2.24, 2.45) is 0 Å². The van der Waals surface area contributed by atoms with Crippen LogP contribution in [0.5, 0.6) is 0 Å². The monoisotopic (exact) mass is 335 g/mol. The van der Waals surface area contributed by atoms with E-state index in [4.69, 9.17) is 4.74 Å². The van der Waals surface area contributed by atoms with E-state index in [1.54, 1.807) is 45.0 Å². The summed E-state index contributed by atoms with van der Waals surface area (Å²) in [6.07, 6.45) is 0.942. The van der Waals surface area contributed by atoms with E-state index in [1.165, 1.54) is 14.2 Å². The quantitative estimate of drug-likeness (QED) is 0.501. The summed E-state index contributed by atoms with van der Waals surface area (Å²) in [7, 11) is 2.36. The molecule has 1 rings (SSSR count). The van der Waals surface area contributed by atoms with Gasteiger partial charge in [-0.3, -0.25) is 0 Å². The van der Waals surface area contributed by atoms with Crippen molar-refractivity contribution in [1.82, 2.24) is 0 Å². The van der Waals surface area contributed by atoms with Gasteiger partial charge in [0.05, 0.1) is 31.5 Å². The van der Waals surface area contributed by atoms with E-state index in [0.29, 0.717) is 5.69 Å². The molecule has 0 heterocycles. The molecule has 1 aromatic carbocycles. The first kappa shape index (κ1) is 19.2. The number of esters is 3. The molecule has 0 aliphatic carbocycles. The van der Waals surface area contributed by atoms with Crippen LogP contribution in [0.15, 0.2) is 36.0 Å². The largest absolute Gasteiger partial charge is 0.466 e. The van der Waals surface area contributed by atoms with Gasteiger partial charge in [0.1, 0.15) is 11.3 Å². The highest BCUT2D eigenvalue weighted by Crippen LogP contribution is 2.21. The zero-order valence-electron chi connectivity index (χ0n) is 14.3. The lowest BCUT2D eigenvalue weighted by Gasteiger charge is -2.21. The van der Waals surface area contributed by atoms with E-state index in [0.717, 1.165) is 6.08 Å². The lowest BCUT2D eigenvalue weighted by atomic mass is 10.1. The van der Waals surface area contributed by atoms with Gasteiger partial charge in [0.25, 0.3) is 0 Å². The maximum Gasteiger partial charge on any atom is 0.354 e. The summed E-state index contributed by atoms with van der Waals surface area (Å²) < 4.78 is 14.4. The van der Waals surface area contributed by atoms with Gasteiger partial charge in [0.2, 0.25) is 0 Å². The molecule has 7 nitrogen and oxygen atoms in total. The molecule has 1 aromatic rings. The molecule has 0 saturated heterocycles.